The van der Waals surface area contributed by atoms with Crippen LogP contribution in [-0.4, -0.2) is 34.4 Å². The third kappa shape index (κ3) is 6.28. The van der Waals surface area contributed by atoms with Crippen molar-refractivity contribution >= 4 is 72.4 Å². The van der Waals surface area contributed by atoms with E-state index in [2.05, 4.69) is 36.8 Å². The lowest BCUT2D eigenvalue weighted by Crippen LogP contribution is -2.20. The zero-order valence-electron chi connectivity index (χ0n) is 16.6. The molecule has 0 aliphatic rings. The Labute approximate surface area is 200 Å². The average molecular weight is 529 g/mol. The molecule has 0 aliphatic heterocycles. The molecule has 4 rings (SSSR count). The summed E-state index contributed by atoms with van der Waals surface area (Å²) < 4.78 is 7.11. The third-order valence-corrected chi connectivity index (χ3v) is 6.70. The van der Waals surface area contributed by atoms with E-state index in [1.165, 1.54) is 23.1 Å². The fraction of sp³-hybridized carbons (Fsp3) is 0.0909. The number of hydrogen-bond donors (Lipinski definition) is 2. The molecule has 0 saturated heterocycles. The second-order valence-corrected chi connectivity index (χ2v) is 9.68. The van der Waals surface area contributed by atoms with E-state index in [1.807, 2.05) is 66.7 Å². The number of nitrogens with zero attached hydrogens (tertiary/aromatic N) is 2. The molecule has 0 unspecified atom stereocenters. The van der Waals surface area contributed by atoms with Gasteiger partial charge in [0.2, 0.25) is 11.0 Å². The largest absolute Gasteiger partial charge is 0.484 e. The lowest BCUT2D eigenvalue weighted by molar-refractivity contribution is -0.118. The molecule has 0 spiro atoms. The zero-order chi connectivity index (χ0) is 22.3. The van der Waals surface area contributed by atoms with E-state index in [-0.39, 0.29) is 24.2 Å². The Hall–Kier alpha value is -2.95. The van der Waals surface area contributed by atoms with Crippen LogP contribution >= 0.6 is 39.0 Å². The molecule has 2 amide bonds. The number of thioether (sulfide) groups is 1. The number of rotatable bonds is 8. The molecule has 32 heavy (non-hydrogen) atoms. The van der Waals surface area contributed by atoms with E-state index in [0.717, 1.165) is 20.9 Å². The van der Waals surface area contributed by atoms with Crippen LogP contribution in [-0.2, 0) is 9.59 Å². The fourth-order valence-electron chi connectivity index (χ4n) is 2.74. The molecule has 0 fully saturated rings. The average Bonchev–Trinajstić information content (AvgIpc) is 3.25. The van der Waals surface area contributed by atoms with Crippen molar-refractivity contribution < 1.29 is 14.3 Å². The summed E-state index contributed by atoms with van der Waals surface area (Å²) in [4.78, 5) is 24.3. The van der Waals surface area contributed by atoms with Gasteiger partial charge in [-0.2, -0.15) is 0 Å². The third-order valence-electron chi connectivity index (χ3n) is 4.20. The Morgan fingerprint density at radius 3 is 2.53 bits per heavy atom. The highest BCUT2D eigenvalue weighted by Crippen LogP contribution is 2.26. The molecule has 0 radical (unpaired) electrons. The van der Waals surface area contributed by atoms with Gasteiger partial charge in [0.25, 0.3) is 5.91 Å². The van der Waals surface area contributed by atoms with E-state index in [4.69, 9.17) is 4.74 Å². The smallest absolute Gasteiger partial charge is 0.264 e. The van der Waals surface area contributed by atoms with E-state index < -0.39 is 0 Å². The Morgan fingerprint density at radius 2 is 1.72 bits per heavy atom. The van der Waals surface area contributed by atoms with Crippen molar-refractivity contribution in [2.45, 2.75) is 4.34 Å². The van der Waals surface area contributed by atoms with Crippen LogP contribution in [0.3, 0.4) is 0 Å². The second-order valence-electron chi connectivity index (χ2n) is 6.56. The minimum atomic E-state index is -0.334. The van der Waals surface area contributed by atoms with Gasteiger partial charge in [0.15, 0.2) is 10.9 Å². The Bertz CT molecular complexity index is 1250. The lowest BCUT2D eigenvalue weighted by atomic mass is 10.1. The Balaban J connectivity index is 1.22. The maximum atomic E-state index is 12.2. The zero-order valence-corrected chi connectivity index (χ0v) is 19.8. The summed E-state index contributed by atoms with van der Waals surface area (Å²) >= 11 is 5.81. The van der Waals surface area contributed by atoms with Crippen LogP contribution in [0.25, 0.3) is 10.8 Å². The molecule has 2 N–H and O–H groups in total. The maximum Gasteiger partial charge on any atom is 0.264 e. The molecule has 0 aliphatic carbocycles. The molecule has 1 aromatic heterocycles. The van der Waals surface area contributed by atoms with E-state index >= 15 is 0 Å². The van der Waals surface area contributed by atoms with Crippen molar-refractivity contribution in [1.82, 2.24) is 10.2 Å². The number of carbonyl (C=O) groups is 2. The normalized spacial score (nSPS) is 10.7. The van der Waals surface area contributed by atoms with E-state index in [1.54, 1.807) is 0 Å². The summed E-state index contributed by atoms with van der Waals surface area (Å²) in [7, 11) is 0. The number of carbonyl (C=O) groups excluding carboxylic acids is 2. The van der Waals surface area contributed by atoms with Gasteiger partial charge in [-0.15, -0.1) is 10.2 Å². The van der Waals surface area contributed by atoms with Gasteiger partial charge in [-0.3, -0.25) is 14.9 Å². The van der Waals surface area contributed by atoms with Crippen molar-refractivity contribution in [3.8, 4) is 5.75 Å². The predicted molar refractivity (Wildman–Crippen MR) is 131 cm³/mol. The summed E-state index contributed by atoms with van der Waals surface area (Å²) in [5.41, 5.74) is 0.718. The van der Waals surface area contributed by atoms with Gasteiger partial charge >= 0.3 is 0 Å². The molecule has 0 bridgehead atoms. The van der Waals surface area contributed by atoms with Crippen molar-refractivity contribution in [3.05, 3.63) is 71.2 Å². The first kappa shape index (κ1) is 22.3. The van der Waals surface area contributed by atoms with Gasteiger partial charge in [-0.05, 0) is 47.2 Å². The van der Waals surface area contributed by atoms with Crippen LogP contribution in [0.1, 0.15) is 0 Å². The van der Waals surface area contributed by atoms with Gasteiger partial charge in [0.05, 0.1) is 5.75 Å². The number of anilines is 2. The number of amides is 2. The van der Waals surface area contributed by atoms with Crippen LogP contribution in [0.5, 0.6) is 5.75 Å². The summed E-state index contributed by atoms with van der Waals surface area (Å²) in [5, 5.41) is 15.9. The van der Waals surface area contributed by atoms with Crippen LogP contribution < -0.4 is 15.4 Å². The summed E-state index contributed by atoms with van der Waals surface area (Å²) in [6.07, 6.45) is 0. The second kappa shape index (κ2) is 10.6. The molecule has 4 aromatic rings. The van der Waals surface area contributed by atoms with Gasteiger partial charge in [-0.1, -0.05) is 69.4 Å². The van der Waals surface area contributed by atoms with Crippen molar-refractivity contribution in [3.63, 3.8) is 0 Å². The lowest BCUT2D eigenvalue weighted by Gasteiger charge is -2.06. The Kier molecular flexibility index (Phi) is 7.35. The van der Waals surface area contributed by atoms with E-state index in [9.17, 15) is 9.59 Å². The first-order valence-corrected chi connectivity index (χ1v) is 12.1. The summed E-state index contributed by atoms with van der Waals surface area (Å²) in [5.74, 6) is 0.314. The van der Waals surface area contributed by atoms with Gasteiger partial charge in [0.1, 0.15) is 5.75 Å². The highest BCUT2D eigenvalue weighted by Gasteiger charge is 2.11. The Morgan fingerprint density at radius 1 is 0.938 bits per heavy atom. The van der Waals surface area contributed by atoms with E-state index in [0.29, 0.717) is 15.2 Å². The van der Waals surface area contributed by atoms with Gasteiger partial charge < -0.3 is 10.1 Å². The highest BCUT2D eigenvalue weighted by atomic mass is 79.9. The molecule has 0 saturated carbocycles. The first-order chi connectivity index (χ1) is 15.5. The van der Waals surface area contributed by atoms with Crippen LogP contribution in [0, 0.1) is 0 Å². The number of ether oxygens (including phenoxy) is 1. The number of nitrogens with one attached hydrogen (secondary N) is 2. The quantitative estimate of drug-likeness (QED) is 0.241. The molecule has 10 heteroatoms. The molecular formula is C22H17BrN4O3S2. The number of aromatic nitrogens is 2. The topological polar surface area (TPSA) is 93.2 Å². The molecule has 7 nitrogen and oxygen atoms in total. The molecular weight excluding hydrogens is 512 g/mol. The minimum absolute atomic E-state index is 0.143. The summed E-state index contributed by atoms with van der Waals surface area (Å²) in [6, 6.07) is 20.9. The van der Waals surface area contributed by atoms with Crippen LogP contribution in [0.15, 0.2) is 75.5 Å². The number of hydrogen-bond acceptors (Lipinski definition) is 7. The predicted octanol–water partition coefficient (Wildman–Crippen LogP) is 5.20. The minimum Gasteiger partial charge on any atom is -0.484 e. The van der Waals surface area contributed by atoms with Gasteiger partial charge in [-0.25, -0.2) is 0 Å². The van der Waals surface area contributed by atoms with Crippen LogP contribution in [0.4, 0.5) is 10.8 Å². The number of benzene rings is 3. The fourth-order valence-corrected chi connectivity index (χ4v) is 4.57. The SMILES string of the molecule is O=C(CSc1nnc(NC(=O)COc2ccc3ccccc3c2)s1)Nc1ccc(Br)cc1. The molecule has 1 heterocycles. The van der Waals surface area contributed by atoms with Crippen LogP contribution in [0.2, 0.25) is 0 Å². The van der Waals surface area contributed by atoms with Gasteiger partial charge in [0, 0.05) is 10.2 Å². The van der Waals surface area contributed by atoms with Crippen molar-refractivity contribution in [2.75, 3.05) is 23.0 Å². The molecule has 3 aromatic carbocycles. The molecule has 162 valence electrons. The maximum absolute atomic E-state index is 12.2. The first-order valence-electron chi connectivity index (χ1n) is 9.48. The summed E-state index contributed by atoms with van der Waals surface area (Å²) in [6.45, 7) is -0.143. The molecule has 0 atom stereocenters. The number of halogens is 1. The monoisotopic (exact) mass is 528 g/mol. The standard InChI is InChI=1S/C22H17BrN4O3S2/c23-16-6-8-17(9-7-16)24-20(29)13-31-22-27-26-21(32-22)25-19(28)12-30-18-10-5-14-3-1-2-4-15(14)11-18/h1-11H,12-13H2,(H,24,29)(H,25,26,28). The highest BCUT2D eigenvalue weighted by molar-refractivity contribution is 9.10. The van der Waals surface area contributed by atoms with Crippen molar-refractivity contribution in [2.24, 2.45) is 0 Å². The number of fused-ring (bicyclic) bond motifs is 1. The van der Waals surface area contributed by atoms with Crippen molar-refractivity contribution in [1.29, 1.82) is 0 Å².